The van der Waals surface area contributed by atoms with E-state index in [0.29, 0.717) is 5.71 Å². The average molecular weight is 515 g/mol. The SMILES string of the molecule is C/C(=N\NS(=O)(=O)c1ccc(C)cc1)c1ccccc1/C=C/C(O[Si](C)(C)C(C)(C)C)C(C)(C)C. The van der Waals surface area contributed by atoms with E-state index in [4.69, 9.17) is 4.43 Å². The van der Waals surface area contributed by atoms with E-state index in [1.165, 1.54) is 0 Å². The van der Waals surface area contributed by atoms with Crippen LogP contribution in [0.5, 0.6) is 0 Å². The highest BCUT2D eigenvalue weighted by molar-refractivity contribution is 7.89. The molecular weight excluding hydrogens is 472 g/mol. The molecule has 1 N–H and O–H groups in total. The van der Waals surface area contributed by atoms with Crippen molar-refractivity contribution in [3.8, 4) is 0 Å². The van der Waals surface area contributed by atoms with Crippen molar-refractivity contribution < 1.29 is 12.8 Å². The zero-order valence-electron chi connectivity index (χ0n) is 22.9. The minimum Gasteiger partial charge on any atom is -0.410 e. The fourth-order valence-electron chi connectivity index (χ4n) is 3.12. The molecule has 35 heavy (non-hydrogen) atoms. The molecule has 0 aliphatic carbocycles. The minimum atomic E-state index is -3.74. The number of hydrogen-bond donors (Lipinski definition) is 1. The van der Waals surface area contributed by atoms with Gasteiger partial charge in [-0.25, -0.2) is 0 Å². The van der Waals surface area contributed by atoms with Crippen LogP contribution >= 0.6 is 0 Å². The molecule has 0 aliphatic heterocycles. The molecule has 2 rings (SSSR count). The number of aryl methyl sites for hydroxylation is 1. The minimum absolute atomic E-state index is 0.0614. The molecule has 0 saturated carbocycles. The standard InChI is InChI=1S/C28H42N2O3SSi/c1-21-15-18-24(19-16-21)34(31,32)30-29-22(2)25-14-12-11-13-23(25)17-20-26(27(3,4)5)33-35(9,10)28(6,7)8/h11-20,26,30H,1-10H3/b20-17+,29-22+. The molecule has 0 spiro atoms. The van der Waals surface area contributed by atoms with Gasteiger partial charge in [0.2, 0.25) is 0 Å². The monoisotopic (exact) mass is 514 g/mol. The number of sulfonamides is 1. The van der Waals surface area contributed by atoms with E-state index in [-0.39, 0.29) is 21.5 Å². The van der Waals surface area contributed by atoms with E-state index >= 15 is 0 Å². The van der Waals surface area contributed by atoms with E-state index in [1.807, 2.05) is 31.2 Å². The third-order valence-electron chi connectivity index (χ3n) is 6.55. The van der Waals surface area contributed by atoms with Crippen molar-refractivity contribution in [2.45, 2.75) is 84.5 Å². The zero-order chi connectivity index (χ0) is 26.7. The van der Waals surface area contributed by atoms with Gasteiger partial charge in [-0.2, -0.15) is 18.4 Å². The molecule has 1 atom stereocenters. The summed E-state index contributed by atoms with van der Waals surface area (Å²) in [4.78, 5) is 2.56. The first-order valence-corrected chi connectivity index (χ1v) is 16.4. The third-order valence-corrected chi connectivity index (χ3v) is 12.2. The van der Waals surface area contributed by atoms with Crippen molar-refractivity contribution in [2.24, 2.45) is 10.5 Å². The third kappa shape index (κ3) is 7.89. The van der Waals surface area contributed by atoms with E-state index in [1.54, 1.807) is 31.2 Å². The fraction of sp³-hybridized carbons (Fsp3) is 0.464. The van der Waals surface area contributed by atoms with E-state index < -0.39 is 18.3 Å². The van der Waals surface area contributed by atoms with E-state index in [2.05, 4.69) is 76.7 Å². The second-order valence-electron chi connectivity index (χ2n) is 11.7. The summed E-state index contributed by atoms with van der Waals surface area (Å²) in [6.07, 6.45) is 4.13. The van der Waals surface area contributed by atoms with Crippen LogP contribution in [0.25, 0.3) is 6.08 Å². The Kier molecular flexibility index (Phi) is 8.96. The molecule has 0 aliphatic rings. The predicted molar refractivity (Wildman–Crippen MR) is 151 cm³/mol. The van der Waals surface area contributed by atoms with Gasteiger partial charge in [0.15, 0.2) is 8.32 Å². The van der Waals surface area contributed by atoms with E-state index in [9.17, 15) is 8.42 Å². The van der Waals surface area contributed by atoms with Crippen molar-refractivity contribution in [1.82, 2.24) is 4.83 Å². The van der Waals surface area contributed by atoms with Gasteiger partial charge in [0.05, 0.1) is 16.7 Å². The summed E-state index contributed by atoms with van der Waals surface area (Å²) in [5.74, 6) is 0. The lowest BCUT2D eigenvalue weighted by atomic mass is 9.88. The van der Waals surface area contributed by atoms with Crippen LogP contribution in [-0.2, 0) is 14.4 Å². The van der Waals surface area contributed by atoms with Crippen LogP contribution in [0.2, 0.25) is 18.1 Å². The van der Waals surface area contributed by atoms with Gasteiger partial charge in [0.25, 0.3) is 10.0 Å². The normalized spacial score (nSPS) is 14.9. The van der Waals surface area contributed by atoms with Gasteiger partial charge in [-0.3, -0.25) is 0 Å². The number of hydrazone groups is 1. The Morgan fingerprint density at radius 1 is 1.00 bits per heavy atom. The molecule has 1 unspecified atom stereocenters. The van der Waals surface area contributed by atoms with Gasteiger partial charge in [0, 0.05) is 5.56 Å². The average Bonchev–Trinajstić information content (AvgIpc) is 2.74. The molecule has 192 valence electrons. The smallest absolute Gasteiger partial charge is 0.276 e. The van der Waals surface area contributed by atoms with Crippen LogP contribution in [0, 0.1) is 12.3 Å². The van der Waals surface area contributed by atoms with Crippen LogP contribution in [0.3, 0.4) is 0 Å². The van der Waals surface area contributed by atoms with Gasteiger partial charge in [-0.15, -0.1) is 0 Å². The van der Waals surface area contributed by atoms with Gasteiger partial charge >= 0.3 is 0 Å². The Balaban J connectivity index is 2.33. The van der Waals surface area contributed by atoms with Crippen molar-refractivity contribution in [1.29, 1.82) is 0 Å². The number of nitrogens with zero attached hydrogens (tertiary/aromatic N) is 1. The summed E-state index contributed by atoms with van der Waals surface area (Å²) in [5, 5.41) is 4.32. The topological polar surface area (TPSA) is 67.8 Å². The molecule has 0 saturated heterocycles. The molecular formula is C28H42N2O3SSi. The van der Waals surface area contributed by atoms with Gasteiger partial charge < -0.3 is 4.43 Å². The molecule has 0 bridgehead atoms. The molecule has 0 radical (unpaired) electrons. The Morgan fingerprint density at radius 3 is 2.11 bits per heavy atom. The predicted octanol–water partition coefficient (Wildman–Crippen LogP) is 7.15. The molecule has 2 aromatic rings. The fourth-order valence-corrected chi connectivity index (χ4v) is 5.40. The number of benzene rings is 2. The van der Waals surface area contributed by atoms with Crippen molar-refractivity contribution >= 4 is 30.1 Å². The highest BCUT2D eigenvalue weighted by Crippen LogP contribution is 2.40. The van der Waals surface area contributed by atoms with Crippen molar-refractivity contribution in [3.63, 3.8) is 0 Å². The summed E-state index contributed by atoms with van der Waals surface area (Å²) in [7, 11) is -5.72. The molecule has 7 heteroatoms. The van der Waals surface area contributed by atoms with Crippen LogP contribution < -0.4 is 4.83 Å². The summed E-state index contributed by atoms with van der Waals surface area (Å²) in [5.41, 5.74) is 3.31. The maximum Gasteiger partial charge on any atom is 0.276 e. The highest BCUT2D eigenvalue weighted by atomic mass is 32.2. The maximum atomic E-state index is 12.7. The van der Waals surface area contributed by atoms with Gasteiger partial charge in [0.1, 0.15) is 0 Å². The van der Waals surface area contributed by atoms with Gasteiger partial charge in [-0.05, 0) is 55.1 Å². The largest absolute Gasteiger partial charge is 0.410 e. The first-order chi connectivity index (χ1) is 15.9. The Morgan fingerprint density at radius 2 is 1.57 bits per heavy atom. The lowest BCUT2D eigenvalue weighted by Gasteiger charge is -2.42. The molecule has 0 aromatic heterocycles. The molecule has 0 fully saturated rings. The Bertz CT molecular complexity index is 1170. The van der Waals surface area contributed by atoms with Crippen LogP contribution in [0.1, 0.15) is 65.2 Å². The highest BCUT2D eigenvalue weighted by Gasteiger charge is 2.41. The Labute approximate surface area is 213 Å². The number of rotatable bonds is 8. The maximum absolute atomic E-state index is 12.7. The molecule has 5 nitrogen and oxygen atoms in total. The van der Waals surface area contributed by atoms with Crippen LogP contribution in [0.4, 0.5) is 0 Å². The molecule has 0 heterocycles. The lowest BCUT2D eigenvalue weighted by Crippen LogP contribution is -2.46. The second kappa shape index (κ2) is 10.8. The second-order valence-corrected chi connectivity index (χ2v) is 18.1. The summed E-state index contributed by atoms with van der Waals surface area (Å²) in [6.45, 7) is 21.6. The molecule has 2 aromatic carbocycles. The summed E-state index contributed by atoms with van der Waals surface area (Å²) in [6, 6.07) is 14.5. The van der Waals surface area contributed by atoms with Crippen molar-refractivity contribution in [2.75, 3.05) is 0 Å². The van der Waals surface area contributed by atoms with Crippen LogP contribution in [0.15, 0.2) is 64.6 Å². The van der Waals surface area contributed by atoms with Crippen LogP contribution in [-0.4, -0.2) is 28.6 Å². The first-order valence-electron chi connectivity index (χ1n) is 12.0. The lowest BCUT2D eigenvalue weighted by molar-refractivity contribution is 0.114. The quantitative estimate of drug-likeness (QED) is 0.231. The van der Waals surface area contributed by atoms with E-state index in [0.717, 1.165) is 16.7 Å². The molecule has 0 amide bonds. The zero-order valence-corrected chi connectivity index (χ0v) is 24.7. The number of hydrogen-bond acceptors (Lipinski definition) is 4. The van der Waals surface area contributed by atoms with Crippen molar-refractivity contribution in [3.05, 3.63) is 71.3 Å². The first kappa shape index (κ1) is 29.0. The van der Waals surface area contributed by atoms with Gasteiger partial charge in [-0.1, -0.05) is 95.7 Å². The Hall–Kier alpha value is -2.22. The summed E-state index contributed by atoms with van der Waals surface area (Å²) >= 11 is 0. The number of nitrogens with one attached hydrogen (secondary N) is 1. The summed E-state index contributed by atoms with van der Waals surface area (Å²) < 4.78 is 32.1.